The normalized spacial score (nSPS) is 13.3. The van der Waals surface area contributed by atoms with Crippen molar-refractivity contribution in [3.05, 3.63) is 0 Å². The monoisotopic (exact) mass is 275 g/mol. The van der Waals surface area contributed by atoms with E-state index < -0.39 is 30.7 Å². The van der Waals surface area contributed by atoms with Crippen LogP contribution in [0.4, 0.5) is 4.79 Å². The van der Waals surface area contributed by atoms with Gasteiger partial charge in [-0.3, -0.25) is 4.79 Å². The first-order valence-electron chi connectivity index (χ1n) is 6.06. The Morgan fingerprint density at radius 1 is 1.16 bits per heavy atom. The molecule has 0 saturated carbocycles. The molecule has 0 rings (SSSR count). The average molecular weight is 275 g/mol. The number of likely N-dealkylation sites (N-methyl/N-ethyl adjacent to an activating group) is 1. The fourth-order valence-corrected chi connectivity index (χ4v) is 1.45. The van der Waals surface area contributed by atoms with Crippen molar-refractivity contribution < 1.29 is 24.6 Å². The summed E-state index contributed by atoms with van der Waals surface area (Å²) < 4.78 is 0. The summed E-state index contributed by atoms with van der Waals surface area (Å²) in [7, 11) is 0. The van der Waals surface area contributed by atoms with Gasteiger partial charge >= 0.3 is 12.0 Å². The van der Waals surface area contributed by atoms with Gasteiger partial charge in [0.15, 0.2) is 6.04 Å². The Kier molecular flexibility index (Phi) is 7.50. The van der Waals surface area contributed by atoms with Crippen LogP contribution in [0, 0.1) is 0 Å². The van der Waals surface area contributed by atoms with Crippen LogP contribution in [0.1, 0.15) is 20.8 Å². The molecule has 0 fully saturated rings. The van der Waals surface area contributed by atoms with Crippen molar-refractivity contribution in [1.29, 1.82) is 0 Å². The summed E-state index contributed by atoms with van der Waals surface area (Å²) in [5.41, 5.74) is 0. The van der Waals surface area contributed by atoms with Gasteiger partial charge in [-0.2, -0.15) is 0 Å². The highest BCUT2D eigenvalue weighted by Crippen LogP contribution is 1.95. The number of rotatable bonds is 7. The van der Waals surface area contributed by atoms with Crippen LogP contribution in [-0.4, -0.2) is 64.8 Å². The minimum atomic E-state index is -1.39. The number of nitrogens with zero attached hydrogens (tertiary/aromatic N) is 1. The van der Waals surface area contributed by atoms with E-state index >= 15 is 0 Å². The second-order valence-corrected chi connectivity index (χ2v) is 3.92. The standard InChI is InChI=1S/C11H21N3O5/c1-4-14(5-2)9(16)7(3)12-11(19)13-8(6-15)10(17)18/h7-8,15H,4-6H2,1-3H3,(H,17,18)(H2,12,13,19). The molecule has 0 radical (unpaired) electrons. The van der Waals surface area contributed by atoms with E-state index in [1.807, 2.05) is 13.8 Å². The number of carbonyl (C=O) groups excluding carboxylic acids is 2. The molecular weight excluding hydrogens is 254 g/mol. The Morgan fingerprint density at radius 3 is 2.05 bits per heavy atom. The lowest BCUT2D eigenvalue weighted by Gasteiger charge is -2.24. The first-order valence-corrected chi connectivity index (χ1v) is 6.06. The molecule has 0 aliphatic rings. The number of aliphatic carboxylic acids is 1. The molecule has 0 aliphatic heterocycles. The molecule has 0 spiro atoms. The van der Waals surface area contributed by atoms with Crippen LogP contribution in [0.3, 0.4) is 0 Å². The fraction of sp³-hybridized carbons (Fsp3) is 0.727. The minimum absolute atomic E-state index is 0.254. The molecule has 3 amide bonds. The van der Waals surface area contributed by atoms with Crippen molar-refractivity contribution in [1.82, 2.24) is 15.5 Å². The lowest BCUT2D eigenvalue weighted by Crippen LogP contribution is -2.53. The SMILES string of the molecule is CCN(CC)C(=O)C(C)NC(=O)NC(CO)C(=O)O. The second kappa shape index (κ2) is 8.30. The van der Waals surface area contributed by atoms with E-state index in [-0.39, 0.29) is 5.91 Å². The largest absolute Gasteiger partial charge is 0.480 e. The number of aliphatic hydroxyl groups excluding tert-OH is 1. The van der Waals surface area contributed by atoms with Gasteiger partial charge in [-0.1, -0.05) is 0 Å². The predicted molar refractivity (Wildman–Crippen MR) is 67.6 cm³/mol. The van der Waals surface area contributed by atoms with Crippen LogP contribution >= 0.6 is 0 Å². The molecule has 0 heterocycles. The molecule has 0 saturated heterocycles. The van der Waals surface area contributed by atoms with Crippen molar-refractivity contribution >= 4 is 17.9 Å². The third kappa shape index (κ3) is 5.56. The maximum atomic E-state index is 11.8. The highest BCUT2D eigenvalue weighted by Gasteiger charge is 2.23. The summed E-state index contributed by atoms with van der Waals surface area (Å²) >= 11 is 0. The van der Waals surface area contributed by atoms with Gasteiger partial charge in [-0.25, -0.2) is 9.59 Å². The van der Waals surface area contributed by atoms with Gasteiger partial charge in [0, 0.05) is 13.1 Å². The van der Waals surface area contributed by atoms with E-state index in [1.54, 1.807) is 4.90 Å². The van der Waals surface area contributed by atoms with Gasteiger partial charge in [0.2, 0.25) is 5.91 Å². The number of hydrogen-bond acceptors (Lipinski definition) is 4. The van der Waals surface area contributed by atoms with Crippen molar-refractivity contribution in [2.45, 2.75) is 32.9 Å². The summed E-state index contributed by atoms with van der Waals surface area (Å²) in [5.74, 6) is -1.60. The molecular formula is C11H21N3O5. The summed E-state index contributed by atoms with van der Waals surface area (Å²) in [6, 6.07) is -2.97. The van der Waals surface area contributed by atoms with Crippen LogP contribution in [0.5, 0.6) is 0 Å². The zero-order chi connectivity index (χ0) is 15.0. The van der Waals surface area contributed by atoms with Crippen molar-refractivity contribution in [3.63, 3.8) is 0 Å². The third-order valence-electron chi connectivity index (χ3n) is 2.58. The number of hydrogen-bond donors (Lipinski definition) is 4. The molecule has 4 N–H and O–H groups in total. The van der Waals surface area contributed by atoms with Crippen LogP contribution in [0.2, 0.25) is 0 Å². The molecule has 0 bridgehead atoms. The highest BCUT2D eigenvalue weighted by molar-refractivity contribution is 5.88. The topological polar surface area (TPSA) is 119 Å². The zero-order valence-electron chi connectivity index (χ0n) is 11.3. The fourth-order valence-electron chi connectivity index (χ4n) is 1.45. The molecule has 0 aromatic carbocycles. The summed E-state index contributed by atoms with van der Waals surface area (Å²) in [6.07, 6.45) is 0. The predicted octanol–water partition coefficient (Wildman–Crippen LogP) is -1.01. The van der Waals surface area contributed by atoms with Crippen LogP contribution in [0.25, 0.3) is 0 Å². The number of amides is 3. The van der Waals surface area contributed by atoms with E-state index in [9.17, 15) is 14.4 Å². The lowest BCUT2D eigenvalue weighted by molar-refractivity contribution is -0.140. The molecule has 0 aromatic rings. The van der Waals surface area contributed by atoms with Crippen molar-refractivity contribution in [3.8, 4) is 0 Å². The van der Waals surface area contributed by atoms with Crippen LogP contribution < -0.4 is 10.6 Å². The van der Waals surface area contributed by atoms with Crippen molar-refractivity contribution in [2.75, 3.05) is 19.7 Å². The average Bonchev–Trinajstić information content (AvgIpc) is 2.36. The first-order chi connectivity index (χ1) is 8.87. The van der Waals surface area contributed by atoms with Gasteiger partial charge in [0.25, 0.3) is 0 Å². The second-order valence-electron chi connectivity index (χ2n) is 3.92. The molecule has 2 atom stereocenters. The van der Waals surface area contributed by atoms with Gasteiger partial charge in [-0.05, 0) is 20.8 Å². The van der Waals surface area contributed by atoms with E-state index in [0.29, 0.717) is 13.1 Å². The Balaban J connectivity index is 4.40. The molecule has 8 nitrogen and oxygen atoms in total. The maximum absolute atomic E-state index is 11.8. The summed E-state index contributed by atoms with van der Waals surface area (Å²) in [6.45, 7) is 5.48. The molecule has 2 unspecified atom stereocenters. The van der Waals surface area contributed by atoms with Crippen LogP contribution in [0.15, 0.2) is 0 Å². The molecule has 19 heavy (non-hydrogen) atoms. The van der Waals surface area contributed by atoms with Gasteiger partial charge < -0.3 is 25.7 Å². The number of aliphatic hydroxyl groups is 1. The van der Waals surface area contributed by atoms with Gasteiger partial charge in [0.05, 0.1) is 6.61 Å². The van der Waals surface area contributed by atoms with E-state index in [2.05, 4.69) is 10.6 Å². The summed E-state index contributed by atoms with van der Waals surface area (Å²) in [5, 5.41) is 21.8. The van der Waals surface area contributed by atoms with Gasteiger partial charge in [-0.15, -0.1) is 0 Å². The number of carboxylic acid groups (broad SMARTS) is 1. The van der Waals surface area contributed by atoms with Gasteiger partial charge in [0.1, 0.15) is 6.04 Å². The first kappa shape index (κ1) is 17.2. The lowest BCUT2D eigenvalue weighted by atomic mass is 10.3. The third-order valence-corrected chi connectivity index (χ3v) is 2.58. The van der Waals surface area contributed by atoms with Crippen molar-refractivity contribution in [2.24, 2.45) is 0 Å². The Labute approximate surface area is 111 Å². The van der Waals surface area contributed by atoms with E-state index in [1.165, 1.54) is 6.92 Å². The Hall–Kier alpha value is -1.83. The number of nitrogens with one attached hydrogen (secondary N) is 2. The number of carboxylic acids is 1. The Morgan fingerprint density at radius 2 is 1.68 bits per heavy atom. The molecule has 0 aromatic heterocycles. The molecule has 110 valence electrons. The summed E-state index contributed by atoms with van der Waals surface area (Å²) in [4.78, 5) is 35.5. The van der Waals surface area contributed by atoms with E-state index in [0.717, 1.165) is 0 Å². The molecule has 0 aliphatic carbocycles. The number of carbonyl (C=O) groups is 3. The van der Waals surface area contributed by atoms with Crippen LogP contribution in [-0.2, 0) is 9.59 Å². The van der Waals surface area contributed by atoms with E-state index in [4.69, 9.17) is 10.2 Å². The maximum Gasteiger partial charge on any atom is 0.328 e. The Bertz CT molecular complexity index is 330. The molecule has 8 heteroatoms. The highest BCUT2D eigenvalue weighted by atomic mass is 16.4. The number of urea groups is 1. The minimum Gasteiger partial charge on any atom is -0.480 e. The zero-order valence-corrected chi connectivity index (χ0v) is 11.3. The quantitative estimate of drug-likeness (QED) is 0.474. The smallest absolute Gasteiger partial charge is 0.328 e.